The molecule has 4 aromatic heterocycles. The number of rotatable bonds is 9. The highest BCUT2D eigenvalue weighted by Gasteiger charge is 2.34. The van der Waals surface area contributed by atoms with E-state index >= 15 is 0 Å². The SMILES string of the molecule is CCNC(=O)Nc1cc(-c2nc(C(F)(F)F)cs2)c(-c2cncc(-c3nnc(NCCOC)o3)c2)cn1. The van der Waals surface area contributed by atoms with E-state index in [-0.39, 0.29) is 22.7 Å². The van der Waals surface area contributed by atoms with E-state index in [1.165, 1.54) is 24.7 Å². The molecule has 0 aliphatic rings. The summed E-state index contributed by atoms with van der Waals surface area (Å²) in [6.07, 6.45) is -0.136. The van der Waals surface area contributed by atoms with Crippen molar-refractivity contribution in [1.29, 1.82) is 0 Å². The van der Waals surface area contributed by atoms with Gasteiger partial charge in [-0.15, -0.1) is 16.4 Å². The molecule has 0 spiro atoms. The van der Waals surface area contributed by atoms with Crippen LogP contribution in [0.1, 0.15) is 12.6 Å². The van der Waals surface area contributed by atoms with Gasteiger partial charge in [-0.1, -0.05) is 5.10 Å². The third-order valence-corrected chi connectivity index (χ3v) is 5.69. The van der Waals surface area contributed by atoms with Gasteiger partial charge in [-0.3, -0.25) is 10.3 Å². The van der Waals surface area contributed by atoms with Crippen LogP contribution >= 0.6 is 11.3 Å². The predicted molar refractivity (Wildman–Crippen MR) is 130 cm³/mol. The maximum Gasteiger partial charge on any atom is 0.434 e. The number of thiazole rings is 1. The Morgan fingerprint density at radius 2 is 1.95 bits per heavy atom. The lowest BCUT2D eigenvalue weighted by Crippen LogP contribution is -2.28. The fourth-order valence-corrected chi connectivity index (χ4v) is 4.01. The summed E-state index contributed by atoms with van der Waals surface area (Å²) in [7, 11) is 1.57. The Morgan fingerprint density at radius 3 is 2.68 bits per heavy atom. The van der Waals surface area contributed by atoms with Gasteiger partial charge in [0, 0.05) is 60.9 Å². The molecule has 3 N–H and O–H groups in total. The van der Waals surface area contributed by atoms with Crippen LogP contribution in [0.5, 0.6) is 0 Å². The summed E-state index contributed by atoms with van der Waals surface area (Å²) in [5.41, 5.74) is 0.751. The lowest BCUT2D eigenvalue weighted by Gasteiger charge is -2.11. The summed E-state index contributed by atoms with van der Waals surface area (Å²) in [5, 5.41) is 17.0. The smallest absolute Gasteiger partial charge is 0.403 e. The van der Waals surface area contributed by atoms with Crippen LogP contribution in [0.25, 0.3) is 33.2 Å². The molecule has 194 valence electrons. The number of amides is 2. The Labute approximate surface area is 212 Å². The summed E-state index contributed by atoms with van der Waals surface area (Å²) in [6.45, 7) is 3.05. The van der Waals surface area contributed by atoms with Gasteiger partial charge in [0.2, 0.25) is 0 Å². The van der Waals surface area contributed by atoms with Gasteiger partial charge in [0.25, 0.3) is 5.89 Å². The Morgan fingerprint density at radius 1 is 1.14 bits per heavy atom. The van der Waals surface area contributed by atoms with Crippen molar-refractivity contribution < 1.29 is 27.1 Å². The van der Waals surface area contributed by atoms with Gasteiger partial charge < -0.3 is 19.8 Å². The highest BCUT2D eigenvalue weighted by Crippen LogP contribution is 2.39. The molecular formula is C22H21F3N8O3S. The Bertz CT molecular complexity index is 1380. The third-order valence-electron chi connectivity index (χ3n) is 4.81. The zero-order valence-electron chi connectivity index (χ0n) is 19.6. The monoisotopic (exact) mass is 534 g/mol. The summed E-state index contributed by atoms with van der Waals surface area (Å²) in [6, 6.07) is 2.84. The van der Waals surface area contributed by atoms with Gasteiger partial charge in [-0.2, -0.15) is 13.2 Å². The van der Waals surface area contributed by atoms with Crippen LogP contribution in [0.2, 0.25) is 0 Å². The molecule has 0 saturated heterocycles. The van der Waals surface area contributed by atoms with Crippen LogP contribution in [0, 0.1) is 0 Å². The number of methoxy groups -OCH3 is 1. The highest BCUT2D eigenvalue weighted by molar-refractivity contribution is 7.13. The fourth-order valence-electron chi connectivity index (χ4n) is 3.15. The first-order chi connectivity index (χ1) is 17.8. The van der Waals surface area contributed by atoms with E-state index in [4.69, 9.17) is 9.15 Å². The number of aromatic nitrogens is 5. The van der Waals surface area contributed by atoms with Crippen molar-refractivity contribution in [3.8, 4) is 33.2 Å². The minimum Gasteiger partial charge on any atom is -0.403 e. The summed E-state index contributed by atoms with van der Waals surface area (Å²) in [5.74, 6) is 0.327. The Hall–Kier alpha value is -4.11. The lowest BCUT2D eigenvalue weighted by molar-refractivity contribution is -0.140. The molecule has 4 rings (SSSR count). The second-order valence-electron chi connectivity index (χ2n) is 7.43. The number of ether oxygens (including phenoxy) is 1. The average molecular weight is 535 g/mol. The first-order valence-electron chi connectivity index (χ1n) is 10.9. The molecule has 37 heavy (non-hydrogen) atoms. The molecule has 4 heterocycles. The normalized spacial score (nSPS) is 11.4. The lowest BCUT2D eigenvalue weighted by atomic mass is 10.0. The average Bonchev–Trinajstić information content (AvgIpc) is 3.55. The van der Waals surface area contributed by atoms with Crippen molar-refractivity contribution in [2.45, 2.75) is 13.1 Å². The molecule has 0 aliphatic carbocycles. The Balaban J connectivity index is 1.72. The fraction of sp³-hybridized carbons (Fsp3) is 0.273. The molecule has 15 heteroatoms. The number of hydrogen-bond acceptors (Lipinski definition) is 10. The molecule has 0 atom stereocenters. The van der Waals surface area contributed by atoms with E-state index in [9.17, 15) is 18.0 Å². The number of nitrogens with one attached hydrogen (secondary N) is 3. The van der Waals surface area contributed by atoms with E-state index in [2.05, 4.69) is 41.1 Å². The number of anilines is 2. The topological polar surface area (TPSA) is 140 Å². The van der Waals surface area contributed by atoms with Crippen molar-refractivity contribution >= 4 is 29.2 Å². The van der Waals surface area contributed by atoms with Crippen molar-refractivity contribution in [2.24, 2.45) is 0 Å². The van der Waals surface area contributed by atoms with Crippen LogP contribution in [0.3, 0.4) is 0 Å². The van der Waals surface area contributed by atoms with Crippen LogP contribution in [-0.4, -0.2) is 58.0 Å². The first kappa shape index (κ1) is 26.0. The number of alkyl halides is 3. The Kier molecular flexibility index (Phi) is 7.93. The summed E-state index contributed by atoms with van der Waals surface area (Å²) in [4.78, 5) is 24.2. The van der Waals surface area contributed by atoms with Crippen LogP contribution < -0.4 is 16.0 Å². The number of halogens is 3. The zero-order valence-corrected chi connectivity index (χ0v) is 20.4. The largest absolute Gasteiger partial charge is 0.434 e. The number of carbonyl (C=O) groups is 1. The molecule has 0 radical (unpaired) electrons. The van der Waals surface area contributed by atoms with E-state index in [0.717, 1.165) is 16.7 Å². The van der Waals surface area contributed by atoms with Crippen LogP contribution in [0.4, 0.5) is 29.8 Å². The molecular weight excluding hydrogens is 513 g/mol. The number of hydrogen-bond donors (Lipinski definition) is 3. The van der Waals surface area contributed by atoms with Gasteiger partial charge in [-0.25, -0.2) is 14.8 Å². The van der Waals surface area contributed by atoms with Crippen molar-refractivity contribution in [2.75, 3.05) is 37.4 Å². The van der Waals surface area contributed by atoms with Gasteiger partial charge in [0.15, 0.2) is 5.69 Å². The maximum absolute atomic E-state index is 13.2. The van der Waals surface area contributed by atoms with E-state index in [0.29, 0.717) is 42.0 Å². The minimum absolute atomic E-state index is 0.0940. The second kappa shape index (κ2) is 11.3. The molecule has 0 saturated carbocycles. The molecule has 0 aromatic carbocycles. The minimum atomic E-state index is -4.60. The molecule has 11 nitrogen and oxygen atoms in total. The first-order valence-corrected chi connectivity index (χ1v) is 11.8. The number of carbonyl (C=O) groups excluding carboxylic acids is 1. The molecule has 0 fully saturated rings. The molecule has 2 amide bonds. The van der Waals surface area contributed by atoms with Crippen molar-refractivity contribution in [3.63, 3.8) is 0 Å². The summed E-state index contributed by atoms with van der Waals surface area (Å²) < 4.78 is 50.3. The predicted octanol–water partition coefficient (Wildman–Crippen LogP) is 4.54. The van der Waals surface area contributed by atoms with Gasteiger partial charge in [-0.05, 0) is 19.1 Å². The molecule has 0 bridgehead atoms. The van der Waals surface area contributed by atoms with E-state index < -0.39 is 17.9 Å². The van der Waals surface area contributed by atoms with Crippen LogP contribution in [0.15, 0.2) is 40.5 Å². The molecule has 4 aromatic rings. The standard InChI is InChI=1S/C22H21F3N8O3S/c1-3-27-20(34)31-17-7-14(19-30-16(11-37-19)22(23,24)25)15(10-29-17)12-6-13(9-26-8-12)18-32-33-21(36-18)28-4-5-35-2/h6-11H,3-5H2,1-2H3,(H,28,33)(H2,27,29,31,34). The van der Waals surface area contributed by atoms with E-state index in [1.54, 1.807) is 20.1 Å². The highest BCUT2D eigenvalue weighted by atomic mass is 32.1. The second-order valence-corrected chi connectivity index (χ2v) is 8.29. The number of pyridine rings is 2. The van der Waals surface area contributed by atoms with Crippen molar-refractivity contribution in [1.82, 2.24) is 30.5 Å². The molecule has 0 aliphatic heterocycles. The van der Waals surface area contributed by atoms with Gasteiger partial charge in [0.05, 0.1) is 12.2 Å². The van der Waals surface area contributed by atoms with Gasteiger partial charge in [0.1, 0.15) is 10.8 Å². The van der Waals surface area contributed by atoms with E-state index in [1.807, 2.05) is 0 Å². The van der Waals surface area contributed by atoms with Gasteiger partial charge >= 0.3 is 18.2 Å². The third kappa shape index (κ3) is 6.37. The maximum atomic E-state index is 13.2. The number of nitrogens with zero attached hydrogens (tertiary/aromatic N) is 5. The zero-order chi connectivity index (χ0) is 26.4. The summed E-state index contributed by atoms with van der Waals surface area (Å²) >= 11 is 0.823. The quantitative estimate of drug-likeness (QED) is 0.264. The molecule has 0 unspecified atom stereocenters. The number of urea groups is 1. The van der Waals surface area contributed by atoms with Crippen LogP contribution in [-0.2, 0) is 10.9 Å². The van der Waals surface area contributed by atoms with Crippen molar-refractivity contribution in [3.05, 3.63) is 41.8 Å².